The Balaban J connectivity index is 2.12. The number of unbranched alkanes of at least 4 members (excludes halogenated alkanes) is 3. The molecule has 142 valence electrons. The molecule has 0 bridgehead atoms. The van der Waals surface area contributed by atoms with Crippen LogP contribution < -0.4 is 10.0 Å². The van der Waals surface area contributed by atoms with Gasteiger partial charge in [0, 0.05) is 13.1 Å². The Kier molecular flexibility index (Phi) is 8.38. The van der Waals surface area contributed by atoms with Gasteiger partial charge in [0.05, 0.1) is 4.90 Å². The van der Waals surface area contributed by atoms with Gasteiger partial charge in [-0.15, -0.1) is 0 Å². The summed E-state index contributed by atoms with van der Waals surface area (Å²) in [6.07, 6.45) is 3.01. The van der Waals surface area contributed by atoms with Crippen LogP contribution in [0.5, 0.6) is 0 Å². The fourth-order valence-electron chi connectivity index (χ4n) is 2.12. The van der Waals surface area contributed by atoms with Crippen molar-refractivity contribution in [3.8, 4) is 0 Å². The number of nitrogens with one attached hydrogen (secondary N) is 2. The molecule has 0 radical (unpaired) electrons. The van der Waals surface area contributed by atoms with Gasteiger partial charge in [-0.3, -0.25) is 0 Å². The molecule has 0 saturated carbocycles. The van der Waals surface area contributed by atoms with Crippen LogP contribution in [0.15, 0.2) is 29.2 Å². The third kappa shape index (κ3) is 9.45. The van der Waals surface area contributed by atoms with Gasteiger partial charge in [-0.05, 0) is 52.7 Å². The number of aryl methyl sites for hydroxylation is 1. The van der Waals surface area contributed by atoms with E-state index in [4.69, 9.17) is 4.74 Å². The van der Waals surface area contributed by atoms with Crippen molar-refractivity contribution in [3.63, 3.8) is 0 Å². The summed E-state index contributed by atoms with van der Waals surface area (Å²) in [5.74, 6) is 0. The molecule has 1 aromatic carbocycles. The highest BCUT2D eigenvalue weighted by Gasteiger charge is 2.15. The molecular formula is C18H30N2O4S. The van der Waals surface area contributed by atoms with Crippen LogP contribution >= 0.6 is 0 Å². The molecule has 0 unspecified atom stereocenters. The molecule has 1 amide bonds. The van der Waals surface area contributed by atoms with Gasteiger partial charge in [0.25, 0.3) is 0 Å². The second-order valence-corrected chi connectivity index (χ2v) is 8.82. The molecule has 2 N–H and O–H groups in total. The number of carbonyl (C=O) groups excluding carboxylic acids is 1. The van der Waals surface area contributed by atoms with Crippen LogP contribution in [0.1, 0.15) is 52.0 Å². The molecular weight excluding hydrogens is 340 g/mol. The molecule has 1 rings (SSSR count). The quantitative estimate of drug-likeness (QED) is 0.653. The van der Waals surface area contributed by atoms with Crippen LogP contribution in [0.2, 0.25) is 0 Å². The Morgan fingerprint density at radius 2 is 1.56 bits per heavy atom. The van der Waals surface area contributed by atoms with Crippen molar-refractivity contribution in [2.24, 2.45) is 0 Å². The van der Waals surface area contributed by atoms with Crippen molar-refractivity contribution < 1.29 is 17.9 Å². The number of hydrogen-bond donors (Lipinski definition) is 2. The Morgan fingerprint density at radius 1 is 1.00 bits per heavy atom. The van der Waals surface area contributed by atoms with Crippen LogP contribution in [0, 0.1) is 6.92 Å². The highest BCUT2D eigenvalue weighted by Crippen LogP contribution is 2.10. The molecule has 25 heavy (non-hydrogen) atoms. The van der Waals surface area contributed by atoms with Gasteiger partial charge in [-0.1, -0.05) is 30.5 Å². The molecule has 0 aliphatic heterocycles. The van der Waals surface area contributed by atoms with E-state index in [9.17, 15) is 13.2 Å². The van der Waals surface area contributed by atoms with E-state index in [0.717, 1.165) is 31.2 Å². The van der Waals surface area contributed by atoms with Crippen molar-refractivity contribution in [1.29, 1.82) is 0 Å². The number of rotatable bonds is 9. The van der Waals surface area contributed by atoms with Crippen LogP contribution in [-0.2, 0) is 14.8 Å². The normalized spacial score (nSPS) is 12.0. The van der Waals surface area contributed by atoms with E-state index in [2.05, 4.69) is 10.0 Å². The lowest BCUT2D eigenvalue weighted by Gasteiger charge is -2.19. The Hall–Kier alpha value is -1.60. The molecule has 1 aromatic rings. The summed E-state index contributed by atoms with van der Waals surface area (Å²) >= 11 is 0. The van der Waals surface area contributed by atoms with E-state index < -0.39 is 21.7 Å². The fraction of sp³-hybridized carbons (Fsp3) is 0.611. The van der Waals surface area contributed by atoms with Gasteiger partial charge in [-0.2, -0.15) is 0 Å². The number of sulfonamides is 1. The van der Waals surface area contributed by atoms with E-state index in [1.54, 1.807) is 24.3 Å². The van der Waals surface area contributed by atoms with E-state index in [-0.39, 0.29) is 0 Å². The third-order valence-electron chi connectivity index (χ3n) is 3.40. The molecule has 0 aromatic heterocycles. The summed E-state index contributed by atoms with van der Waals surface area (Å²) in [7, 11) is -3.43. The molecule has 0 saturated heterocycles. The van der Waals surface area contributed by atoms with Gasteiger partial charge < -0.3 is 10.1 Å². The first-order valence-corrected chi connectivity index (χ1v) is 10.1. The number of benzene rings is 1. The first-order chi connectivity index (χ1) is 11.6. The molecule has 6 nitrogen and oxygen atoms in total. The van der Waals surface area contributed by atoms with Crippen molar-refractivity contribution in [3.05, 3.63) is 29.8 Å². The van der Waals surface area contributed by atoms with E-state index >= 15 is 0 Å². The van der Waals surface area contributed by atoms with Crippen LogP contribution in [0.25, 0.3) is 0 Å². The topological polar surface area (TPSA) is 84.5 Å². The van der Waals surface area contributed by atoms with Gasteiger partial charge >= 0.3 is 6.09 Å². The predicted octanol–water partition coefficient (Wildman–Crippen LogP) is 3.36. The zero-order chi connectivity index (χ0) is 18.9. The minimum Gasteiger partial charge on any atom is -0.444 e. The lowest BCUT2D eigenvalue weighted by molar-refractivity contribution is 0.0527. The average molecular weight is 371 g/mol. The zero-order valence-corrected chi connectivity index (χ0v) is 16.4. The van der Waals surface area contributed by atoms with Gasteiger partial charge in [-0.25, -0.2) is 17.9 Å². The summed E-state index contributed by atoms with van der Waals surface area (Å²) in [5.41, 5.74) is 0.539. The maximum atomic E-state index is 12.1. The smallest absolute Gasteiger partial charge is 0.407 e. The highest BCUT2D eigenvalue weighted by molar-refractivity contribution is 7.89. The first-order valence-electron chi connectivity index (χ1n) is 8.63. The summed E-state index contributed by atoms with van der Waals surface area (Å²) < 4.78 is 31.9. The minimum atomic E-state index is -3.43. The predicted molar refractivity (Wildman–Crippen MR) is 99.1 cm³/mol. The van der Waals surface area contributed by atoms with Gasteiger partial charge in [0.1, 0.15) is 5.60 Å². The summed E-state index contributed by atoms with van der Waals surface area (Å²) in [4.78, 5) is 11.7. The monoisotopic (exact) mass is 370 g/mol. The number of ether oxygens (including phenoxy) is 1. The number of hydrogen-bond acceptors (Lipinski definition) is 4. The van der Waals surface area contributed by atoms with Crippen molar-refractivity contribution in [2.45, 2.75) is 63.9 Å². The van der Waals surface area contributed by atoms with E-state index in [0.29, 0.717) is 18.0 Å². The molecule has 7 heteroatoms. The van der Waals surface area contributed by atoms with Crippen LogP contribution in [0.3, 0.4) is 0 Å². The maximum Gasteiger partial charge on any atom is 0.407 e. The largest absolute Gasteiger partial charge is 0.444 e. The zero-order valence-electron chi connectivity index (χ0n) is 15.6. The molecule has 0 atom stereocenters. The first kappa shape index (κ1) is 21.4. The standard InChI is InChI=1S/C18H30N2O4S/c1-15-9-11-16(12-10-15)25(22,23)20-14-8-6-5-7-13-19-17(21)24-18(2,3)4/h9-12,20H,5-8,13-14H2,1-4H3,(H,19,21). The van der Waals surface area contributed by atoms with Gasteiger partial charge in [0.2, 0.25) is 10.0 Å². The Bertz CT molecular complexity index is 634. The van der Waals surface area contributed by atoms with E-state index in [1.165, 1.54) is 0 Å². The summed E-state index contributed by atoms with van der Waals surface area (Å²) in [5, 5.41) is 2.71. The van der Waals surface area contributed by atoms with Gasteiger partial charge in [0.15, 0.2) is 0 Å². The molecule has 0 aliphatic carbocycles. The lowest BCUT2D eigenvalue weighted by Crippen LogP contribution is -2.33. The van der Waals surface area contributed by atoms with Crippen molar-refractivity contribution in [2.75, 3.05) is 13.1 Å². The number of carbonyl (C=O) groups is 1. The van der Waals surface area contributed by atoms with Crippen molar-refractivity contribution in [1.82, 2.24) is 10.0 Å². The summed E-state index contributed by atoms with van der Waals surface area (Å²) in [6.45, 7) is 8.36. The van der Waals surface area contributed by atoms with Crippen molar-refractivity contribution >= 4 is 16.1 Å². The third-order valence-corrected chi connectivity index (χ3v) is 4.87. The molecule has 0 fully saturated rings. The summed E-state index contributed by atoms with van der Waals surface area (Å²) in [6, 6.07) is 6.79. The second kappa shape index (κ2) is 9.77. The molecule has 0 spiro atoms. The SMILES string of the molecule is Cc1ccc(S(=O)(=O)NCCCCCCNC(=O)OC(C)(C)C)cc1. The van der Waals surface area contributed by atoms with Crippen LogP contribution in [-0.4, -0.2) is 33.2 Å². The second-order valence-electron chi connectivity index (χ2n) is 7.05. The molecule has 0 heterocycles. The highest BCUT2D eigenvalue weighted by atomic mass is 32.2. The number of alkyl carbamates (subject to hydrolysis) is 1. The Labute approximate surface area is 151 Å². The fourth-order valence-corrected chi connectivity index (χ4v) is 3.19. The number of amides is 1. The van der Waals surface area contributed by atoms with E-state index in [1.807, 2.05) is 27.7 Å². The Morgan fingerprint density at radius 3 is 2.12 bits per heavy atom. The lowest BCUT2D eigenvalue weighted by atomic mass is 10.2. The van der Waals surface area contributed by atoms with Crippen LogP contribution in [0.4, 0.5) is 4.79 Å². The maximum absolute atomic E-state index is 12.1. The average Bonchev–Trinajstić information content (AvgIpc) is 2.48. The molecule has 0 aliphatic rings. The minimum absolute atomic E-state index is 0.291.